The number of likely N-dealkylation sites (tertiary alicyclic amines) is 1. The minimum absolute atomic E-state index is 0.182. The Bertz CT molecular complexity index is 544. The molecule has 0 bridgehead atoms. The van der Waals surface area contributed by atoms with E-state index in [1.54, 1.807) is 12.5 Å². The van der Waals surface area contributed by atoms with Crippen LogP contribution in [0.3, 0.4) is 0 Å². The van der Waals surface area contributed by atoms with Crippen LogP contribution < -0.4 is 5.32 Å². The van der Waals surface area contributed by atoms with Crippen LogP contribution in [0.25, 0.3) is 0 Å². The molecule has 1 fully saturated rings. The second-order valence-electron chi connectivity index (χ2n) is 5.09. The van der Waals surface area contributed by atoms with Crippen LogP contribution in [0.1, 0.15) is 12.0 Å². The van der Waals surface area contributed by atoms with E-state index in [0.29, 0.717) is 6.04 Å². The maximum Gasteiger partial charge on any atom is 0.129 e. The normalized spacial score (nSPS) is 19.1. The minimum atomic E-state index is -0.182. The van der Waals surface area contributed by atoms with Crippen LogP contribution in [0, 0.1) is 5.82 Å². The molecule has 2 aromatic rings. The second kappa shape index (κ2) is 5.96. The Morgan fingerprint density at radius 3 is 2.85 bits per heavy atom. The number of nitrogens with zero attached hydrogens (tertiary/aromatic N) is 3. The van der Waals surface area contributed by atoms with Gasteiger partial charge in [0.1, 0.15) is 18.0 Å². The third kappa shape index (κ3) is 3.30. The number of halogens is 1. The summed E-state index contributed by atoms with van der Waals surface area (Å²) in [4.78, 5) is 10.5. The first kappa shape index (κ1) is 13.0. The topological polar surface area (TPSA) is 41.0 Å². The zero-order valence-corrected chi connectivity index (χ0v) is 11.2. The first-order valence-corrected chi connectivity index (χ1v) is 6.79. The maximum atomic E-state index is 12.9. The third-order valence-electron chi connectivity index (χ3n) is 3.53. The molecule has 1 atom stereocenters. The van der Waals surface area contributed by atoms with Crippen LogP contribution in [0.2, 0.25) is 0 Å². The minimum Gasteiger partial charge on any atom is -0.366 e. The average molecular weight is 272 g/mol. The molecule has 1 aromatic carbocycles. The number of anilines is 1. The van der Waals surface area contributed by atoms with Gasteiger partial charge in [0, 0.05) is 31.9 Å². The molecule has 1 N–H and O–H groups in total. The molecule has 20 heavy (non-hydrogen) atoms. The van der Waals surface area contributed by atoms with E-state index in [1.165, 1.54) is 12.1 Å². The van der Waals surface area contributed by atoms with Gasteiger partial charge in [-0.1, -0.05) is 12.1 Å². The van der Waals surface area contributed by atoms with Gasteiger partial charge in [0.2, 0.25) is 0 Å². The predicted molar refractivity (Wildman–Crippen MR) is 75.7 cm³/mol. The lowest BCUT2D eigenvalue weighted by Gasteiger charge is -2.17. The molecule has 1 aliphatic rings. The molecule has 0 amide bonds. The average Bonchev–Trinajstić information content (AvgIpc) is 2.90. The third-order valence-corrected chi connectivity index (χ3v) is 3.53. The summed E-state index contributed by atoms with van der Waals surface area (Å²) < 4.78 is 12.9. The van der Waals surface area contributed by atoms with Gasteiger partial charge in [0.05, 0.1) is 0 Å². The van der Waals surface area contributed by atoms with Crippen LogP contribution in [0.5, 0.6) is 0 Å². The van der Waals surface area contributed by atoms with Crippen molar-refractivity contribution in [2.75, 3.05) is 18.4 Å². The van der Waals surface area contributed by atoms with Gasteiger partial charge in [-0.3, -0.25) is 4.90 Å². The highest BCUT2D eigenvalue weighted by atomic mass is 19.1. The lowest BCUT2D eigenvalue weighted by Crippen LogP contribution is -2.26. The fourth-order valence-corrected chi connectivity index (χ4v) is 2.53. The molecule has 0 spiro atoms. The number of nitrogens with one attached hydrogen (secondary N) is 1. The monoisotopic (exact) mass is 272 g/mol. The van der Waals surface area contributed by atoms with Gasteiger partial charge in [-0.2, -0.15) is 0 Å². The van der Waals surface area contributed by atoms with E-state index in [1.807, 2.05) is 18.2 Å². The van der Waals surface area contributed by atoms with Crippen molar-refractivity contribution in [1.82, 2.24) is 14.9 Å². The Balaban J connectivity index is 1.53. The summed E-state index contributed by atoms with van der Waals surface area (Å²) in [5.74, 6) is 0.687. The molecule has 1 unspecified atom stereocenters. The highest BCUT2D eigenvalue weighted by Gasteiger charge is 2.22. The summed E-state index contributed by atoms with van der Waals surface area (Å²) in [7, 11) is 0. The zero-order chi connectivity index (χ0) is 13.8. The Labute approximate surface area is 117 Å². The Morgan fingerprint density at radius 1 is 1.25 bits per heavy atom. The lowest BCUT2D eigenvalue weighted by atomic mass is 10.2. The summed E-state index contributed by atoms with van der Waals surface area (Å²) in [5, 5.41) is 3.41. The molecule has 3 rings (SSSR count). The molecule has 0 radical (unpaired) electrons. The Hall–Kier alpha value is -2.01. The molecule has 0 aliphatic carbocycles. The fraction of sp³-hybridized carbons (Fsp3) is 0.333. The molecule has 1 aromatic heterocycles. The van der Waals surface area contributed by atoms with Gasteiger partial charge in [-0.05, 0) is 30.2 Å². The number of aromatic nitrogens is 2. The summed E-state index contributed by atoms with van der Waals surface area (Å²) in [5.41, 5.74) is 1.15. The van der Waals surface area contributed by atoms with Crippen molar-refractivity contribution in [2.24, 2.45) is 0 Å². The number of hydrogen-bond acceptors (Lipinski definition) is 4. The fourth-order valence-electron chi connectivity index (χ4n) is 2.53. The quantitative estimate of drug-likeness (QED) is 0.927. The van der Waals surface area contributed by atoms with Gasteiger partial charge in [0.25, 0.3) is 0 Å². The van der Waals surface area contributed by atoms with Crippen molar-refractivity contribution in [1.29, 1.82) is 0 Å². The molecule has 104 valence electrons. The van der Waals surface area contributed by atoms with E-state index in [4.69, 9.17) is 0 Å². The molecule has 1 saturated heterocycles. The van der Waals surface area contributed by atoms with Crippen LogP contribution in [0.4, 0.5) is 10.2 Å². The van der Waals surface area contributed by atoms with E-state index in [2.05, 4.69) is 20.2 Å². The van der Waals surface area contributed by atoms with Crippen molar-refractivity contribution in [3.8, 4) is 0 Å². The Morgan fingerprint density at radius 2 is 2.10 bits per heavy atom. The maximum absolute atomic E-state index is 12.9. The summed E-state index contributed by atoms with van der Waals surface area (Å²) >= 11 is 0. The highest BCUT2D eigenvalue weighted by molar-refractivity contribution is 5.33. The Kier molecular flexibility index (Phi) is 3.87. The lowest BCUT2D eigenvalue weighted by molar-refractivity contribution is 0.328. The number of hydrogen-bond donors (Lipinski definition) is 1. The molecule has 0 saturated carbocycles. The second-order valence-corrected chi connectivity index (χ2v) is 5.09. The highest BCUT2D eigenvalue weighted by Crippen LogP contribution is 2.16. The summed E-state index contributed by atoms with van der Waals surface area (Å²) in [6.45, 7) is 2.88. The van der Waals surface area contributed by atoms with Gasteiger partial charge in [0.15, 0.2) is 0 Å². The van der Waals surface area contributed by atoms with E-state index in [-0.39, 0.29) is 5.82 Å². The van der Waals surface area contributed by atoms with E-state index >= 15 is 0 Å². The van der Waals surface area contributed by atoms with E-state index < -0.39 is 0 Å². The molecule has 2 heterocycles. The van der Waals surface area contributed by atoms with Crippen molar-refractivity contribution >= 4 is 5.82 Å². The molecular weight excluding hydrogens is 255 g/mol. The standard InChI is InChI=1S/C15H17FN4/c16-13-3-1-12(2-4-13)9-20-8-6-14(10-20)19-15-5-7-17-11-18-15/h1-5,7,11,14H,6,8-10H2,(H,17,18,19). The van der Waals surface area contributed by atoms with Crippen molar-refractivity contribution in [3.05, 3.63) is 54.2 Å². The van der Waals surface area contributed by atoms with E-state index in [9.17, 15) is 4.39 Å². The smallest absolute Gasteiger partial charge is 0.129 e. The van der Waals surface area contributed by atoms with Gasteiger partial charge in [-0.25, -0.2) is 14.4 Å². The van der Waals surface area contributed by atoms with Gasteiger partial charge < -0.3 is 5.32 Å². The zero-order valence-electron chi connectivity index (χ0n) is 11.2. The first-order chi connectivity index (χ1) is 9.79. The van der Waals surface area contributed by atoms with Gasteiger partial charge >= 0.3 is 0 Å². The molecule has 1 aliphatic heterocycles. The SMILES string of the molecule is Fc1ccc(CN2CCC(Nc3ccncn3)C2)cc1. The van der Waals surface area contributed by atoms with Crippen LogP contribution >= 0.6 is 0 Å². The number of rotatable bonds is 4. The summed E-state index contributed by atoms with van der Waals surface area (Å²) in [6.07, 6.45) is 4.37. The molecular formula is C15H17FN4. The predicted octanol–water partition coefficient (Wildman–Crippen LogP) is 2.30. The van der Waals surface area contributed by atoms with Crippen molar-refractivity contribution in [3.63, 3.8) is 0 Å². The van der Waals surface area contributed by atoms with Gasteiger partial charge in [-0.15, -0.1) is 0 Å². The van der Waals surface area contributed by atoms with Crippen LogP contribution in [0.15, 0.2) is 42.9 Å². The molecule has 5 heteroatoms. The number of benzene rings is 1. The van der Waals surface area contributed by atoms with Crippen LogP contribution in [-0.2, 0) is 6.54 Å². The van der Waals surface area contributed by atoms with Crippen LogP contribution in [-0.4, -0.2) is 34.0 Å². The van der Waals surface area contributed by atoms with Crippen molar-refractivity contribution < 1.29 is 4.39 Å². The largest absolute Gasteiger partial charge is 0.366 e. The van der Waals surface area contributed by atoms with Crippen molar-refractivity contribution in [2.45, 2.75) is 19.0 Å². The summed E-state index contributed by atoms with van der Waals surface area (Å²) in [6, 6.07) is 9.01. The molecule has 4 nitrogen and oxygen atoms in total. The van der Waals surface area contributed by atoms with E-state index in [0.717, 1.165) is 37.4 Å². The first-order valence-electron chi connectivity index (χ1n) is 6.79.